The van der Waals surface area contributed by atoms with Gasteiger partial charge in [0.1, 0.15) is 12.4 Å². The SMILES string of the molecule is C=C(C)C(=O)OCc1ccc(C=Cc2ccc(C=Cc3cc(C(C)(C)C)ccc3OC)cc2)cc1. The third-order valence-electron chi connectivity index (χ3n) is 5.65. The Morgan fingerprint density at radius 2 is 1.34 bits per heavy atom. The summed E-state index contributed by atoms with van der Waals surface area (Å²) in [5.74, 6) is 0.499. The van der Waals surface area contributed by atoms with E-state index >= 15 is 0 Å². The summed E-state index contributed by atoms with van der Waals surface area (Å²) >= 11 is 0. The number of hydrogen-bond acceptors (Lipinski definition) is 3. The molecule has 3 rings (SSSR count). The Morgan fingerprint density at radius 1 is 0.829 bits per heavy atom. The molecule has 0 amide bonds. The summed E-state index contributed by atoms with van der Waals surface area (Å²) in [6.07, 6.45) is 8.36. The van der Waals surface area contributed by atoms with Crippen molar-refractivity contribution in [1.82, 2.24) is 0 Å². The summed E-state index contributed by atoms with van der Waals surface area (Å²) in [7, 11) is 1.70. The fourth-order valence-corrected chi connectivity index (χ4v) is 3.42. The van der Waals surface area contributed by atoms with E-state index in [-0.39, 0.29) is 18.0 Å². The van der Waals surface area contributed by atoms with E-state index in [9.17, 15) is 4.79 Å². The van der Waals surface area contributed by atoms with Crippen LogP contribution in [-0.2, 0) is 21.6 Å². The zero-order valence-electron chi connectivity index (χ0n) is 21.3. The first-order chi connectivity index (χ1) is 16.7. The highest BCUT2D eigenvalue weighted by molar-refractivity contribution is 5.86. The second kappa shape index (κ2) is 11.5. The number of benzene rings is 3. The lowest BCUT2D eigenvalue weighted by Gasteiger charge is -2.20. The third-order valence-corrected chi connectivity index (χ3v) is 5.65. The maximum Gasteiger partial charge on any atom is 0.333 e. The van der Waals surface area contributed by atoms with Crippen LogP contribution in [0.1, 0.15) is 61.1 Å². The highest BCUT2D eigenvalue weighted by Crippen LogP contribution is 2.29. The van der Waals surface area contributed by atoms with Gasteiger partial charge in [0.15, 0.2) is 0 Å². The Bertz CT molecular complexity index is 1220. The first-order valence-corrected chi connectivity index (χ1v) is 11.7. The molecular weight excluding hydrogens is 432 g/mol. The van der Waals surface area contributed by atoms with Crippen LogP contribution >= 0.6 is 0 Å². The fraction of sp³-hybridized carbons (Fsp3) is 0.219. The molecule has 3 heteroatoms. The maximum absolute atomic E-state index is 11.5. The van der Waals surface area contributed by atoms with Crippen molar-refractivity contribution in [2.24, 2.45) is 0 Å². The molecule has 3 aromatic carbocycles. The van der Waals surface area contributed by atoms with Crippen LogP contribution in [0.2, 0.25) is 0 Å². The van der Waals surface area contributed by atoms with Crippen LogP contribution < -0.4 is 4.74 Å². The van der Waals surface area contributed by atoms with Crippen LogP contribution in [0.5, 0.6) is 5.75 Å². The van der Waals surface area contributed by atoms with Crippen LogP contribution in [0.4, 0.5) is 0 Å². The number of methoxy groups -OCH3 is 1. The van der Waals surface area contributed by atoms with Crippen LogP contribution in [0.25, 0.3) is 24.3 Å². The lowest BCUT2D eigenvalue weighted by atomic mass is 9.86. The Kier molecular flexibility index (Phi) is 8.48. The third kappa shape index (κ3) is 7.58. The van der Waals surface area contributed by atoms with Crippen molar-refractivity contribution in [3.63, 3.8) is 0 Å². The molecule has 0 fully saturated rings. The Balaban J connectivity index is 1.64. The van der Waals surface area contributed by atoms with Gasteiger partial charge in [0.25, 0.3) is 0 Å². The molecule has 35 heavy (non-hydrogen) atoms. The van der Waals surface area contributed by atoms with Crippen molar-refractivity contribution in [2.45, 2.75) is 39.7 Å². The minimum Gasteiger partial charge on any atom is -0.496 e. The molecule has 0 aliphatic rings. The molecule has 180 valence electrons. The van der Waals surface area contributed by atoms with Crippen molar-refractivity contribution in [1.29, 1.82) is 0 Å². The van der Waals surface area contributed by atoms with E-state index < -0.39 is 0 Å². The van der Waals surface area contributed by atoms with Crippen LogP contribution in [0.15, 0.2) is 78.9 Å². The molecular formula is C32H34O3. The van der Waals surface area contributed by atoms with E-state index in [1.807, 2.05) is 30.3 Å². The number of esters is 1. The minimum atomic E-state index is -0.371. The van der Waals surface area contributed by atoms with Crippen LogP contribution in [0, 0.1) is 0 Å². The predicted octanol–water partition coefficient (Wildman–Crippen LogP) is 7.95. The molecule has 0 radical (unpaired) electrons. The highest BCUT2D eigenvalue weighted by Gasteiger charge is 2.15. The van der Waals surface area contributed by atoms with E-state index in [2.05, 4.69) is 88.1 Å². The van der Waals surface area contributed by atoms with Crippen molar-refractivity contribution >= 4 is 30.3 Å². The zero-order valence-corrected chi connectivity index (χ0v) is 21.3. The topological polar surface area (TPSA) is 35.5 Å². The lowest BCUT2D eigenvalue weighted by Crippen LogP contribution is -2.11. The number of hydrogen-bond donors (Lipinski definition) is 0. The number of rotatable bonds is 8. The predicted molar refractivity (Wildman–Crippen MR) is 147 cm³/mol. The second-order valence-corrected chi connectivity index (χ2v) is 9.64. The van der Waals surface area contributed by atoms with Gasteiger partial charge in [-0.3, -0.25) is 0 Å². The lowest BCUT2D eigenvalue weighted by molar-refractivity contribution is -0.140. The van der Waals surface area contributed by atoms with Gasteiger partial charge in [-0.15, -0.1) is 0 Å². The van der Waals surface area contributed by atoms with Gasteiger partial charge >= 0.3 is 5.97 Å². The van der Waals surface area contributed by atoms with Gasteiger partial charge in [-0.1, -0.05) is 106 Å². The van der Waals surface area contributed by atoms with E-state index in [1.54, 1.807) is 14.0 Å². The second-order valence-electron chi connectivity index (χ2n) is 9.64. The van der Waals surface area contributed by atoms with E-state index in [0.29, 0.717) is 5.57 Å². The first-order valence-electron chi connectivity index (χ1n) is 11.7. The smallest absolute Gasteiger partial charge is 0.333 e. The molecule has 0 aliphatic heterocycles. The number of carbonyl (C=O) groups is 1. The van der Waals surface area contributed by atoms with Gasteiger partial charge in [0.2, 0.25) is 0 Å². The van der Waals surface area contributed by atoms with Crippen molar-refractivity contribution in [2.75, 3.05) is 7.11 Å². The average molecular weight is 467 g/mol. The summed E-state index contributed by atoms with van der Waals surface area (Å²) in [5.41, 5.74) is 7.10. The summed E-state index contributed by atoms with van der Waals surface area (Å²) in [5, 5.41) is 0. The Morgan fingerprint density at radius 3 is 1.83 bits per heavy atom. The summed E-state index contributed by atoms with van der Waals surface area (Å²) in [6, 6.07) is 22.7. The first kappa shape index (κ1) is 25.8. The highest BCUT2D eigenvalue weighted by atomic mass is 16.5. The normalized spacial score (nSPS) is 11.7. The van der Waals surface area contributed by atoms with Crippen LogP contribution in [-0.4, -0.2) is 13.1 Å². The van der Waals surface area contributed by atoms with Crippen LogP contribution in [0.3, 0.4) is 0 Å². The van der Waals surface area contributed by atoms with Gasteiger partial charge in [-0.2, -0.15) is 0 Å². The average Bonchev–Trinajstić information content (AvgIpc) is 2.85. The molecule has 0 saturated carbocycles. The van der Waals surface area contributed by atoms with Crippen molar-refractivity contribution < 1.29 is 14.3 Å². The zero-order chi connectivity index (χ0) is 25.4. The molecule has 0 aromatic heterocycles. The summed E-state index contributed by atoms with van der Waals surface area (Å²) < 4.78 is 10.7. The molecule has 0 bridgehead atoms. The molecule has 0 heterocycles. The molecule has 0 spiro atoms. The molecule has 0 saturated heterocycles. The summed E-state index contributed by atoms with van der Waals surface area (Å²) in [6.45, 7) is 12.1. The maximum atomic E-state index is 11.5. The van der Waals surface area contributed by atoms with Crippen molar-refractivity contribution in [3.8, 4) is 5.75 Å². The number of carbonyl (C=O) groups excluding carboxylic acids is 1. The molecule has 0 aliphatic carbocycles. The van der Waals surface area contributed by atoms with E-state index in [1.165, 1.54) is 5.56 Å². The number of ether oxygens (including phenoxy) is 2. The standard InChI is InChI=1S/C32H34O3/c1-23(2)31(33)35-22-27-15-13-25(14-16-27)8-7-24-9-11-26(12-10-24)17-18-28-21-29(32(3,4)5)19-20-30(28)34-6/h7-21H,1,22H2,2-6H3. The Hall–Kier alpha value is -3.85. The largest absolute Gasteiger partial charge is 0.496 e. The quantitative estimate of drug-likeness (QED) is 0.192. The van der Waals surface area contributed by atoms with Gasteiger partial charge in [-0.25, -0.2) is 4.79 Å². The molecule has 0 atom stereocenters. The van der Waals surface area contributed by atoms with Gasteiger partial charge in [-0.05, 0) is 52.3 Å². The van der Waals surface area contributed by atoms with Crippen molar-refractivity contribution in [3.05, 3.63) is 112 Å². The Labute approximate surface area is 209 Å². The van der Waals surface area contributed by atoms with Gasteiger partial charge < -0.3 is 9.47 Å². The molecule has 0 N–H and O–H groups in total. The van der Waals surface area contributed by atoms with Gasteiger partial charge in [0, 0.05) is 11.1 Å². The van der Waals surface area contributed by atoms with E-state index in [0.717, 1.165) is 33.6 Å². The van der Waals surface area contributed by atoms with E-state index in [4.69, 9.17) is 9.47 Å². The monoisotopic (exact) mass is 466 g/mol. The molecule has 3 aromatic rings. The fourth-order valence-electron chi connectivity index (χ4n) is 3.42. The molecule has 0 unspecified atom stereocenters. The molecule has 3 nitrogen and oxygen atoms in total. The van der Waals surface area contributed by atoms with Gasteiger partial charge in [0.05, 0.1) is 7.11 Å². The summed E-state index contributed by atoms with van der Waals surface area (Å²) in [4.78, 5) is 11.5. The minimum absolute atomic E-state index is 0.0839.